The van der Waals surface area contributed by atoms with Crippen molar-refractivity contribution in [3.63, 3.8) is 0 Å². The van der Waals surface area contributed by atoms with Gasteiger partial charge < -0.3 is 14.2 Å². The number of carbonyl (C=O) groups is 2. The second-order valence-electron chi connectivity index (χ2n) is 5.94. The van der Waals surface area contributed by atoms with E-state index >= 15 is 0 Å². The van der Waals surface area contributed by atoms with E-state index in [-0.39, 0.29) is 17.7 Å². The van der Waals surface area contributed by atoms with Gasteiger partial charge in [0.15, 0.2) is 5.76 Å². The lowest BCUT2D eigenvalue weighted by Gasteiger charge is -2.21. The van der Waals surface area contributed by atoms with Crippen molar-refractivity contribution in [1.29, 1.82) is 0 Å². The van der Waals surface area contributed by atoms with Gasteiger partial charge in [0.05, 0.1) is 5.75 Å². The van der Waals surface area contributed by atoms with Crippen LogP contribution in [0.5, 0.6) is 0 Å². The van der Waals surface area contributed by atoms with Crippen LogP contribution in [0.2, 0.25) is 0 Å². The summed E-state index contributed by atoms with van der Waals surface area (Å²) in [7, 11) is 0. The Morgan fingerprint density at radius 1 is 1.18 bits per heavy atom. The fourth-order valence-corrected chi connectivity index (χ4v) is 3.24. The van der Waals surface area contributed by atoms with Crippen LogP contribution in [0.15, 0.2) is 16.5 Å². The third-order valence-corrected chi connectivity index (χ3v) is 4.75. The van der Waals surface area contributed by atoms with Gasteiger partial charge in [-0.1, -0.05) is 0 Å². The van der Waals surface area contributed by atoms with Crippen molar-refractivity contribution in [1.82, 2.24) is 9.80 Å². The molecular weight excluding hydrogens is 300 g/mol. The highest BCUT2D eigenvalue weighted by Gasteiger charge is 2.34. The summed E-state index contributed by atoms with van der Waals surface area (Å²) >= 11 is 1.67. The summed E-state index contributed by atoms with van der Waals surface area (Å²) in [5.41, 5.74) is 0. The molecule has 1 aliphatic carbocycles. The van der Waals surface area contributed by atoms with Crippen LogP contribution in [0.4, 0.5) is 0 Å². The molecule has 2 fully saturated rings. The van der Waals surface area contributed by atoms with Gasteiger partial charge in [0.25, 0.3) is 5.91 Å². The van der Waals surface area contributed by atoms with Gasteiger partial charge in [-0.3, -0.25) is 9.59 Å². The average molecular weight is 322 g/mol. The molecule has 0 bridgehead atoms. The highest BCUT2D eigenvalue weighted by Crippen LogP contribution is 2.31. The van der Waals surface area contributed by atoms with Gasteiger partial charge in [-0.25, -0.2) is 0 Å². The largest absolute Gasteiger partial charge is 0.455 e. The quantitative estimate of drug-likeness (QED) is 0.853. The molecule has 1 saturated heterocycles. The third-order valence-electron chi connectivity index (χ3n) is 4.18. The Labute approximate surface area is 135 Å². The summed E-state index contributed by atoms with van der Waals surface area (Å²) in [4.78, 5) is 28.4. The topological polar surface area (TPSA) is 53.8 Å². The van der Waals surface area contributed by atoms with E-state index in [4.69, 9.17) is 4.42 Å². The zero-order valence-corrected chi connectivity index (χ0v) is 13.7. The van der Waals surface area contributed by atoms with E-state index < -0.39 is 0 Å². The molecule has 22 heavy (non-hydrogen) atoms. The molecule has 0 unspecified atom stereocenters. The number of carbonyl (C=O) groups excluding carboxylic acids is 2. The number of amides is 2. The molecule has 5 nitrogen and oxygen atoms in total. The molecule has 1 aliphatic heterocycles. The highest BCUT2D eigenvalue weighted by molar-refractivity contribution is 7.97. The molecule has 2 aliphatic rings. The number of hydrogen-bond acceptors (Lipinski definition) is 4. The van der Waals surface area contributed by atoms with E-state index in [9.17, 15) is 9.59 Å². The van der Waals surface area contributed by atoms with Crippen LogP contribution >= 0.6 is 11.8 Å². The van der Waals surface area contributed by atoms with Crippen LogP contribution in [0.1, 0.15) is 35.6 Å². The van der Waals surface area contributed by atoms with Gasteiger partial charge in [-0.05, 0) is 37.7 Å². The maximum Gasteiger partial charge on any atom is 0.289 e. The maximum absolute atomic E-state index is 12.5. The lowest BCUT2D eigenvalue weighted by molar-refractivity contribution is -0.132. The lowest BCUT2D eigenvalue weighted by Crippen LogP contribution is -2.37. The van der Waals surface area contributed by atoms with Gasteiger partial charge in [-0.15, -0.1) is 0 Å². The molecule has 0 N–H and O–H groups in total. The summed E-state index contributed by atoms with van der Waals surface area (Å²) in [6.07, 6.45) is 4.90. The molecule has 1 aromatic heterocycles. The number of furan rings is 1. The summed E-state index contributed by atoms with van der Waals surface area (Å²) in [5, 5.41) is 0. The van der Waals surface area contributed by atoms with Crippen LogP contribution < -0.4 is 0 Å². The molecular formula is C16H22N2O3S. The Morgan fingerprint density at radius 2 is 1.91 bits per heavy atom. The van der Waals surface area contributed by atoms with Crippen molar-refractivity contribution in [2.75, 3.05) is 32.4 Å². The van der Waals surface area contributed by atoms with Gasteiger partial charge in [0.1, 0.15) is 5.76 Å². The van der Waals surface area contributed by atoms with E-state index in [2.05, 4.69) is 0 Å². The molecule has 0 atom stereocenters. The molecule has 120 valence electrons. The Bertz CT molecular complexity index is 553. The van der Waals surface area contributed by atoms with Crippen LogP contribution in [0, 0.1) is 5.92 Å². The summed E-state index contributed by atoms with van der Waals surface area (Å²) in [6.45, 7) is 2.68. The molecule has 2 heterocycles. The first kappa shape index (κ1) is 15.5. The molecule has 2 amide bonds. The zero-order chi connectivity index (χ0) is 15.5. The lowest BCUT2D eigenvalue weighted by atomic mass is 10.3. The Morgan fingerprint density at radius 3 is 2.64 bits per heavy atom. The van der Waals surface area contributed by atoms with E-state index in [1.807, 2.05) is 22.1 Å². The second-order valence-corrected chi connectivity index (χ2v) is 6.81. The summed E-state index contributed by atoms with van der Waals surface area (Å²) in [5.74, 6) is 2.48. The van der Waals surface area contributed by atoms with Crippen LogP contribution in [0.25, 0.3) is 0 Å². The Balaban J connectivity index is 1.59. The van der Waals surface area contributed by atoms with E-state index in [1.54, 1.807) is 17.8 Å². The number of nitrogens with zero attached hydrogens (tertiary/aromatic N) is 2. The number of hydrogen-bond donors (Lipinski definition) is 0. The monoisotopic (exact) mass is 322 g/mol. The van der Waals surface area contributed by atoms with E-state index in [0.717, 1.165) is 37.3 Å². The van der Waals surface area contributed by atoms with Crippen molar-refractivity contribution < 1.29 is 14.0 Å². The predicted octanol–water partition coefficient (Wildman–Crippen LogP) is 2.23. The van der Waals surface area contributed by atoms with Crippen LogP contribution in [-0.2, 0) is 10.5 Å². The van der Waals surface area contributed by atoms with Crippen molar-refractivity contribution >= 4 is 23.6 Å². The average Bonchev–Trinajstić information content (AvgIpc) is 3.30. The number of rotatable bonds is 4. The fourth-order valence-electron chi connectivity index (χ4n) is 2.80. The minimum absolute atomic E-state index is 0.0620. The normalized spacial score (nSPS) is 19.1. The van der Waals surface area contributed by atoms with Gasteiger partial charge in [0, 0.05) is 32.1 Å². The minimum Gasteiger partial charge on any atom is -0.455 e. The molecule has 1 aromatic rings. The Kier molecular flexibility index (Phi) is 4.76. The first-order chi connectivity index (χ1) is 10.7. The number of thioether (sulfide) groups is 1. The zero-order valence-electron chi connectivity index (χ0n) is 12.9. The van der Waals surface area contributed by atoms with Crippen molar-refractivity contribution in [2.24, 2.45) is 5.92 Å². The predicted molar refractivity (Wildman–Crippen MR) is 85.8 cm³/mol. The second kappa shape index (κ2) is 6.77. The van der Waals surface area contributed by atoms with Crippen molar-refractivity contribution in [3.05, 3.63) is 23.7 Å². The third kappa shape index (κ3) is 3.48. The minimum atomic E-state index is -0.0620. The Hall–Kier alpha value is -1.43. The highest BCUT2D eigenvalue weighted by atomic mass is 32.2. The van der Waals surface area contributed by atoms with Crippen LogP contribution in [-0.4, -0.2) is 54.0 Å². The molecule has 1 saturated carbocycles. The van der Waals surface area contributed by atoms with Gasteiger partial charge >= 0.3 is 0 Å². The molecule has 0 spiro atoms. The van der Waals surface area contributed by atoms with E-state index in [0.29, 0.717) is 25.4 Å². The van der Waals surface area contributed by atoms with Crippen LogP contribution in [0.3, 0.4) is 0 Å². The molecule has 0 radical (unpaired) electrons. The first-order valence-corrected chi connectivity index (χ1v) is 9.24. The van der Waals surface area contributed by atoms with E-state index in [1.165, 1.54) is 0 Å². The van der Waals surface area contributed by atoms with Gasteiger partial charge in [-0.2, -0.15) is 11.8 Å². The van der Waals surface area contributed by atoms with Gasteiger partial charge in [0.2, 0.25) is 5.91 Å². The molecule has 0 aromatic carbocycles. The fraction of sp³-hybridized carbons (Fsp3) is 0.625. The first-order valence-electron chi connectivity index (χ1n) is 7.84. The smallest absolute Gasteiger partial charge is 0.289 e. The SMILES string of the molecule is CSCc1ccc(C(=O)N2CCCN(C(=O)C3CC3)CC2)o1. The molecule has 6 heteroatoms. The summed E-state index contributed by atoms with van der Waals surface area (Å²) < 4.78 is 5.61. The summed E-state index contributed by atoms with van der Waals surface area (Å²) in [6, 6.07) is 3.62. The van der Waals surface area contributed by atoms with Crippen molar-refractivity contribution in [3.8, 4) is 0 Å². The maximum atomic E-state index is 12.5. The van der Waals surface area contributed by atoms with Crippen molar-refractivity contribution in [2.45, 2.75) is 25.0 Å². The molecule has 3 rings (SSSR count). The standard InChI is InChI=1S/C16H22N2O3S/c1-22-11-13-5-6-14(21-13)16(20)18-8-2-7-17(9-10-18)15(19)12-3-4-12/h5-6,12H,2-4,7-11H2,1H3.